The lowest BCUT2D eigenvalue weighted by atomic mass is 10.2. The molecule has 0 spiro atoms. The lowest BCUT2D eigenvalue weighted by Gasteiger charge is -2.08. The standard InChI is InChI=1S/C12H17FO2/c1-2-3-4-5-9-15-12-10(13)7-6-8-11(12)14/h6-8,14H,2-5,9H2,1H3. The Balaban J connectivity index is 2.37. The highest BCUT2D eigenvalue weighted by molar-refractivity contribution is 5.39. The number of hydrogen-bond acceptors (Lipinski definition) is 2. The number of phenols is 1. The van der Waals surface area contributed by atoms with Gasteiger partial charge in [-0.05, 0) is 18.6 Å². The minimum absolute atomic E-state index is 0.0333. The normalized spacial score (nSPS) is 10.3. The van der Waals surface area contributed by atoms with Crippen molar-refractivity contribution >= 4 is 0 Å². The maximum absolute atomic E-state index is 13.1. The Labute approximate surface area is 89.7 Å². The van der Waals surface area contributed by atoms with Gasteiger partial charge in [0.15, 0.2) is 17.3 Å². The summed E-state index contributed by atoms with van der Waals surface area (Å²) in [5, 5.41) is 9.33. The predicted molar refractivity (Wildman–Crippen MR) is 57.7 cm³/mol. The van der Waals surface area contributed by atoms with Crippen LogP contribution in [0.1, 0.15) is 32.6 Å². The number of para-hydroxylation sites is 1. The highest BCUT2D eigenvalue weighted by Gasteiger charge is 2.07. The topological polar surface area (TPSA) is 29.5 Å². The van der Waals surface area contributed by atoms with Gasteiger partial charge in [-0.3, -0.25) is 0 Å². The molecule has 0 saturated heterocycles. The molecule has 0 radical (unpaired) electrons. The van der Waals surface area contributed by atoms with Crippen LogP contribution in [0, 0.1) is 5.82 Å². The Morgan fingerprint density at radius 1 is 1.27 bits per heavy atom. The monoisotopic (exact) mass is 212 g/mol. The molecule has 2 nitrogen and oxygen atoms in total. The van der Waals surface area contributed by atoms with Crippen LogP contribution in [0.25, 0.3) is 0 Å². The van der Waals surface area contributed by atoms with Crippen LogP contribution < -0.4 is 4.74 Å². The number of rotatable bonds is 6. The highest BCUT2D eigenvalue weighted by Crippen LogP contribution is 2.28. The molecule has 0 atom stereocenters. The lowest BCUT2D eigenvalue weighted by molar-refractivity contribution is 0.275. The Morgan fingerprint density at radius 3 is 2.73 bits per heavy atom. The van der Waals surface area contributed by atoms with E-state index >= 15 is 0 Å². The van der Waals surface area contributed by atoms with Crippen LogP contribution >= 0.6 is 0 Å². The number of aromatic hydroxyl groups is 1. The van der Waals surface area contributed by atoms with E-state index in [0.29, 0.717) is 6.61 Å². The molecule has 1 aromatic rings. The van der Waals surface area contributed by atoms with E-state index in [4.69, 9.17) is 4.74 Å². The van der Waals surface area contributed by atoms with E-state index in [1.165, 1.54) is 18.2 Å². The van der Waals surface area contributed by atoms with Gasteiger partial charge in [0, 0.05) is 0 Å². The summed E-state index contributed by atoms with van der Waals surface area (Å²) in [6.07, 6.45) is 4.28. The maximum Gasteiger partial charge on any atom is 0.196 e. The van der Waals surface area contributed by atoms with Crippen molar-refractivity contribution in [3.8, 4) is 11.5 Å². The number of benzene rings is 1. The van der Waals surface area contributed by atoms with Crippen LogP contribution in [-0.4, -0.2) is 11.7 Å². The molecule has 1 aromatic carbocycles. The van der Waals surface area contributed by atoms with E-state index in [-0.39, 0.29) is 11.5 Å². The van der Waals surface area contributed by atoms with E-state index in [2.05, 4.69) is 6.92 Å². The van der Waals surface area contributed by atoms with Crippen molar-refractivity contribution in [2.45, 2.75) is 32.6 Å². The van der Waals surface area contributed by atoms with Crippen LogP contribution in [0.15, 0.2) is 18.2 Å². The third-order valence-electron chi connectivity index (χ3n) is 2.19. The predicted octanol–water partition coefficient (Wildman–Crippen LogP) is 3.49. The van der Waals surface area contributed by atoms with E-state index in [9.17, 15) is 9.50 Å². The molecular weight excluding hydrogens is 195 g/mol. The van der Waals surface area contributed by atoms with Gasteiger partial charge in [-0.25, -0.2) is 4.39 Å². The molecule has 0 heterocycles. The van der Waals surface area contributed by atoms with Crippen molar-refractivity contribution < 1.29 is 14.2 Å². The number of phenolic OH excluding ortho intramolecular Hbond substituents is 1. The zero-order valence-corrected chi connectivity index (χ0v) is 9.00. The van der Waals surface area contributed by atoms with Crippen LogP contribution in [0.3, 0.4) is 0 Å². The molecule has 0 saturated carbocycles. The summed E-state index contributed by atoms with van der Waals surface area (Å²) in [5.74, 6) is -0.676. The summed E-state index contributed by atoms with van der Waals surface area (Å²) < 4.78 is 18.3. The van der Waals surface area contributed by atoms with Gasteiger partial charge < -0.3 is 9.84 Å². The molecule has 0 fully saturated rings. The third-order valence-corrected chi connectivity index (χ3v) is 2.19. The first-order valence-corrected chi connectivity index (χ1v) is 5.36. The molecule has 84 valence electrons. The second-order valence-corrected chi connectivity index (χ2v) is 3.50. The van der Waals surface area contributed by atoms with Gasteiger partial charge in [0.05, 0.1) is 6.61 Å². The Bertz CT molecular complexity index is 279. The van der Waals surface area contributed by atoms with E-state index in [1.807, 2.05) is 0 Å². The van der Waals surface area contributed by atoms with Crippen molar-refractivity contribution in [2.75, 3.05) is 6.61 Å². The summed E-state index contributed by atoms with van der Waals surface area (Å²) in [6, 6.07) is 4.15. The van der Waals surface area contributed by atoms with E-state index < -0.39 is 5.82 Å². The molecule has 1 N–H and O–H groups in total. The lowest BCUT2D eigenvalue weighted by Crippen LogP contribution is -1.99. The second kappa shape index (κ2) is 6.27. The zero-order chi connectivity index (χ0) is 11.1. The van der Waals surface area contributed by atoms with Crippen LogP contribution in [0.5, 0.6) is 11.5 Å². The summed E-state index contributed by atoms with van der Waals surface area (Å²) in [4.78, 5) is 0. The molecule has 0 aliphatic heterocycles. The summed E-state index contributed by atoms with van der Waals surface area (Å²) in [6.45, 7) is 2.58. The van der Waals surface area contributed by atoms with Crippen molar-refractivity contribution in [1.29, 1.82) is 0 Å². The summed E-state index contributed by atoms with van der Waals surface area (Å²) in [5.41, 5.74) is 0. The third kappa shape index (κ3) is 3.78. The number of unbranched alkanes of at least 4 members (excludes halogenated alkanes) is 3. The SMILES string of the molecule is CCCCCCOc1c(O)cccc1F. The maximum atomic E-state index is 13.1. The number of ether oxygens (including phenoxy) is 1. The van der Waals surface area contributed by atoms with Gasteiger partial charge in [-0.15, -0.1) is 0 Å². The summed E-state index contributed by atoms with van der Waals surface area (Å²) >= 11 is 0. The van der Waals surface area contributed by atoms with Gasteiger partial charge >= 0.3 is 0 Å². The van der Waals surface area contributed by atoms with E-state index in [1.54, 1.807) is 0 Å². The minimum atomic E-state index is -0.509. The first kappa shape index (κ1) is 11.8. The number of hydrogen-bond donors (Lipinski definition) is 1. The van der Waals surface area contributed by atoms with Crippen molar-refractivity contribution in [1.82, 2.24) is 0 Å². The molecule has 0 aliphatic rings. The van der Waals surface area contributed by atoms with Crippen molar-refractivity contribution in [2.24, 2.45) is 0 Å². The molecule has 1 rings (SSSR count). The smallest absolute Gasteiger partial charge is 0.196 e. The van der Waals surface area contributed by atoms with Crippen molar-refractivity contribution in [3.63, 3.8) is 0 Å². The largest absolute Gasteiger partial charge is 0.504 e. The quantitative estimate of drug-likeness (QED) is 0.731. The van der Waals surface area contributed by atoms with Crippen LogP contribution in [-0.2, 0) is 0 Å². The minimum Gasteiger partial charge on any atom is -0.504 e. The van der Waals surface area contributed by atoms with Crippen LogP contribution in [0.2, 0.25) is 0 Å². The molecule has 0 aromatic heterocycles. The molecule has 0 bridgehead atoms. The van der Waals surface area contributed by atoms with Crippen LogP contribution in [0.4, 0.5) is 4.39 Å². The fraction of sp³-hybridized carbons (Fsp3) is 0.500. The first-order chi connectivity index (χ1) is 7.25. The van der Waals surface area contributed by atoms with Gasteiger partial charge in [0.2, 0.25) is 0 Å². The molecule has 0 aliphatic carbocycles. The molecular formula is C12H17FO2. The summed E-state index contributed by atoms with van der Waals surface area (Å²) in [7, 11) is 0. The zero-order valence-electron chi connectivity index (χ0n) is 9.00. The average molecular weight is 212 g/mol. The second-order valence-electron chi connectivity index (χ2n) is 3.50. The Morgan fingerprint density at radius 2 is 2.07 bits per heavy atom. The number of halogens is 1. The Kier molecular flexibility index (Phi) is 4.95. The molecule has 3 heteroatoms. The highest BCUT2D eigenvalue weighted by atomic mass is 19.1. The molecule has 0 unspecified atom stereocenters. The van der Waals surface area contributed by atoms with Gasteiger partial charge in [0.1, 0.15) is 0 Å². The fourth-order valence-electron chi connectivity index (χ4n) is 1.34. The Hall–Kier alpha value is -1.25. The van der Waals surface area contributed by atoms with E-state index in [0.717, 1.165) is 25.7 Å². The fourth-order valence-corrected chi connectivity index (χ4v) is 1.34. The molecule has 15 heavy (non-hydrogen) atoms. The van der Waals surface area contributed by atoms with Gasteiger partial charge in [-0.2, -0.15) is 0 Å². The average Bonchev–Trinajstić information content (AvgIpc) is 2.21. The molecule has 0 amide bonds. The first-order valence-electron chi connectivity index (χ1n) is 5.36. The van der Waals surface area contributed by atoms with Gasteiger partial charge in [-0.1, -0.05) is 32.3 Å². The van der Waals surface area contributed by atoms with Gasteiger partial charge in [0.25, 0.3) is 0 Å². The van der Waals surface area contributed by atoms with Crippen molar-refractivity contribution in [3.05, 3.63) is 24.0 Å².